The number of benzene rings is 2. The second-order valence-corrected chi connectivity index (χ2v) is 9.53. The summed E-state index contributed by atoms with van der Waals surface area (Å²) in [6.45, 7) is 5.43. The summed E-state index contributed by atoms with van der Waals surface area (Å²) in [6.07, 6.45) is 2.83. The lowest BCUT2D eigenvalue weighted by atomic mass is 9.94. The summed E-state index contributed by atoms with van der Waals surface area (Å²) in [6, 6.07) is 10.5. The van der Waals surface area contributed by atoms with Gasteiger partial charge in [0.25, 0.3) is 10.0 Å². The largest absolute Gasteiger partial charge is 0.288 e. The highest BCUT2D eigenvalue weighted by atomic mass is 32.2. The van der Waals surface area contributed by atoms with Crippen LogP contribution in [0.1, 0.15) is 32.6 Å². The predicted octanol–water partition coefficient (Wildman–Crippen LogP) is 3.78. The van der Waals surface area contributed by atoms with Gasteiger partial charge in [-0.25, -0.2) is 4.98 Å². The van der Waals surface area contributed by atoms with Crippen LogP contribution >= 0.6 is 11.8 Å². The number of aryl methyl sites for hydroxylation is 3. The number of aromatic nitrogens is 3. The Morgan fingerprint density at radius 2 is 1.70 bits per heavy atom. The highest BCUT2D eigenvalue weighted by molar-refractivity contribution is 8.04. The Bertz CT molecular complexity index is 1300. The van der Waals surface area contributed by atoms with E-state index in [0.717, 1.165) is 17.3 Å². The Morgan fingerprint density at radius 3 is 2.33 bits per heavy atom. The molecular formula is C21H18N4O3S2. The summed E-state index contributed by atoms with van der Waals surface area (Å²) in [5.74, 6) is -0.217. The number of rotatable bonds is 4. The Hall–Kier alpha value is -3.04. The second-order valence-electron chi connectivity index (χ2n) is 6.96. The molecule has 0 spiro atoms. The van der Waals surface area contributed by atoms with Crippen LogP contribution in [0.2, 0.25) is 0 Å². The first-order chi connectivity index (χ1) is 14.3. The molecular weight excluding hydrogens is 420 g/mol. The van der Waals surface area contributed by atoms with E-state index in [0.29, 0.717) is 32.3 Å². The zero-order valence-electron chi connectivity index (χ0n) is 16.5. The zero-order chi connectivity index (χ0) is 21.5. The van der Waals surface area contributed by atoms with Crippen molar-refractivity contribution in [2.24, 2.45) is 4.40 Å². The molecule has 1 aromatic heterocycles. The molecule has 1 aliphatic rings. The molecule has 30 heavy (non-hydrogen) atoms. The second kappa shape index (κ2) is 7.66. The number of fused-ring (bicyclic) bond motifs is 1. The number of hydrogen-bond acceptors (Lipinski definition) is 6. The Labute approximate surface area is 178 Å². The van der Waals surface area contributed by atoms with Gasteiger partial charge in [-0.15, -0.1) is 0 Å². The minimum absolute atomic E-state index is 0.188. The molecule has 3 aromatic rings. The molecule has 0 unspecified atom stereocenters. The van der Waals surface area contributed by atoms with Crippen molar-refractivity contribution in [3.8, 4) is 0 Å². The number of ketones is 1. The van der Waals surface area contributed by atoms with Crippen LogP contribution in [0.5, 0.6) is 0 Å². The van der Waals surface area contributed by atoms with Gasteiger partial charge in [-0.3, -0.25) is 9.89 Å². The number of hydrogen-bond donors (Lipinski definition) is 1. The summed E-state index contributed by atoms with van der Waals surface area (Å²) < 4.78 is 30.6. The van der Waals surface area contributed by atoms with Gasteiger partial charge in [0.1, 0.15) is 6.33 Å². The van der Waals surface area contributed by atoms with Crippen molar-refractivity contribution in [1.29, 1.82) is 0 Å². The van der Waals surface area contributed by atoms with E-state index in [9.17, 15) is 13.2 Å². The first-order valence-corrected chi connectivity index (χ1v) is 11.3. The van der Waals surface area contributed by atoms with Gasteiger partial charge < -0.3 is 0 Å². The summed E-state index contributed by atoms with van der Waals surface area (Å²) in [5.41, 5.74) is 3.35. The fourth-order valence-corrected chi connectivity index (χ4v) is 5.76. The molecule has 0 atom stereocenters. The smallest absolute Gasteiger partial charge is 0.283 e. The van der Waals surface area contributed by atoms with Gasteiger partial charge in [0.15, 0.2) is 5.16 Å². The highest BCUT2D eigenvalue weighted by Crippen LogP contribution is 2.33. The molecule has 1 heterocycles. The van der Waals surface area contributed by atoms with Crippen molar-refractivity contribution in [2.45, 2.75) is 30.8 Å². The number of carbonyl (C=O) groups is 1. The van der Waals surface area contributed by atoms with E-state index in [1.165, 1.54) is 12.4 Å². The molecule has 0 amide bonds. The first-order valence-electron chi connectivity index (χ1n) is 9.08. The van der Waals surface area contributed by atoms with Crippen LogP contribution in [0.25, 0.3) is 0 Å². The van der Waals surface area contributed by atoms with Crippen molar-refractivity contribution in [2.75, 3.05) is 0 Å². The molecule has 7 nitrogen and oxygen atoms in total. The van der Waals surface area contributed by atoms with Crippen LogP contribution in [0.15, 0.2) is 68.2 Å². The molecule has 152 valence electrons. The Balaban J connectivity index is 1.87. The quantitative estimate of drug-likeness (QED) is 0.665. The van der Waals surface area contributed by atoms with E-state index in [-0.39, 0.29) is 16.4 Å². The number of nitrogens with zero attached hydrogens (tertiary/aromatic N) is 3. The maximum absolute atomic E-state index is 13.2. The third kappa shape index (κ3) is 3.73. The standard InChI is InChI=1S/C21H18N4O3S2/c1-12-8-13(2)20(14(3)9-12)30(27,28)25-17-10-18(29-21-22-11-23-24-21)19(26)16-7-5-4-6-15(16)17/h4-11H,1-3H3,(H,22,23,24)/b25-17-. The van der Waals surface area contributed by atoms with E-state index in [1.807, 2.05) is 19.1 Å². The van der Waals surface area contributed by atoms with Crippen molar-refractivity contribution in [3.63, 3.8) is 0 Å². The summed E-state index contributed by atoms with van der Waals surface area (Å²) >= 11 is 1.08. The number of nitrogens with one attached hydrogen (secondary N) is 1. The van der Waals surface area contributed by atoms with Gasteiger partial charge in [-0.2, -0.15) is 17.9 Å². The summed E-state index contributed by atoms with van der Waals surface area (Å²) in [7, 11) is -4.00. The normalized spacial score (nSPS) is 15.2. The first kappa shape index (κ1) is 20.2. The number of thioether (sulfide) groups is 1. The monoisotopic (exact) mass is 438 g/mol. The van der Waals surface area contributed by atoms with E-state index in [1.54, 1.807) is 38.1 Å². The molecule has 1 aliphatic carbocycles. The van der Waals surface area contributed by atoms with Gasteiger partial charge in [-0.1, -0.05) is 42.0 Å². The Kier molecular flexibility index (Phi) is 5.17. The third-order valence-corrected chi connectivity index (χ3v) is 7.13. The number of allylic oxidation sites excluding steroid dienone is 2. The number of sulfonamides is 1. The van der Waals surface area contributed by atoms with Gasteiger partial charge in [-0.05, 0) is 49.7 Å². The zero-order valence-corrected chi connectivity index (χ0v) is 18.1. The molecule has 9 heteroatoms. The minimum Gasteiger partial charge on any atom is -0.288 e. The number of aromatic amines is 1. The summed E-state index contributed by atoms with van der Waals surface area (Å²) in [5, 5.41) is 6.90. The predicted molar refractivity (Wildman–Crippen MR) is 115 cm³/mol. The van der Waals surface area contributed by atoms with E-state index in [2.05, 4.69) is 19.6 Å². The lowest BCUT2D eigenvalue weighted by Crippen LogP contribution is -2.18. The van der Waals surface area contributed by atoms with Crippen LogP contribution in [0, 0.1) is 20.8 Å². The molecule has 0 radical (unpaired) electrons. The lowest BCUT2D eigenvalue weighted by molar-refractivity contribution is 0.104. The highest BCUT2D eigenvalue weighted by Gasteiger charge is 2.28. The molecule has 0 saturated carbocycles. The van der Waals surface area contributed by atoms with E-state index in [4.69, 9.17) is 0 Å². The molecule has 0 fully saturated rings. The Morgan fingerprint density at radius 1 is 1.03 bits per heavy atom. The molecule has 2 aromatic carbocycles. The van der Waals surface area contributed by atoms with Gasteiger partial charge >= 0.3 is 0 Å². The summed E-state index contributed by atoms with van der Waals surface area (Å²) in [4.78, 5) is 17.4. The number of carbonyl (C=O) groups excluding carboxylic acids is 1. The van der Waals surface area contributed by atoms with Crippen LogP contribution < -0.4 is 0 Å². The maximum atomic E-state index is 13.2. The average molecular weight is 439 g/mol. The topological polar surface area (TPSA) is 105 Å². The SMILES string of the molecule is Cc1cc(C)c(S(=O)(=O)/N=C2/C=C(Sc3ncn[nH]3)C(=O)c3ccccc32)c(C)c1. The van der Waals surface area contributed by atoms with E-state index >= 15 is 0 Å². The van der Waals surface area contributed by atoms with Gasteiger partial charge in [0.2, 0.25) is 5.78 Å². The fraction of sp³-hybridized carbons (Fsp3) is 0.143. The fourth-order valence-electron chi connectivity index (χ4n) is 3.55. The van der Waals surface area contributed by atoms with Crippen LogP contribution in [0.3, 0.4) is 0 Å². The molecule has 0 aliphatic heterocycles. The van der Waals surface area contributed by atoms with Crippen LogP contribution in [0.4, 0.5) is 0 Å². The average Bonchev–Trinajstić information content (AvgIpc) is 3.17. The van der Waals surface area contributed by atoms with Crippen LogP contribution in [-0.2, 0) is 10.0 Å². The van der Waals surface area contributed by atoms with Crippen molar-refractivity contribution >= 4 is 33.3 Å². The van der Waals surface area contributed by atoms with Crippen molar-refractivity contribution in [1.82, 2.24) is 15.2 Å². The van der Waals surface area contributed by atoms with E-state index < -0.39 is 10.0 Å². The van der Waals surface area contributed by atoms with Crippen molar-refractivity contribution in [3.05, 3.63) is 81.5 Å². The minimum atomic E-state index is -4.00. The van der Waals surface area contributed by atoms with Gasteiger partial charge in [0, 0.05) is 11.1 Å². The maximum Gasteiger partial charge on any atom is 0.283 e. The molecule has 1 N–H and O–H groups in total. The van der Waals surface area contributed by atoms with Gasteiger partial charge in [0.05, 0.1) is 15.5 Å². The molecule has 0 bridgehead atoms. The lowest BCUT2D eigenvalue weighted by Gasteiger charge is -2.17. The molecule has 0 saturated heterocycles. The number of Topliss-reactive ketones (excluding diaryl/α,β-unsaturated/α-hetero) is 1. The number of H-pyrrole nitrogens is 1. The molecule has 4 rings (SSSR count). The van der Waals surface area contributed by atoms with Crippen molar-refractivity contribution < 1.29 is 13.2 Å². The van der Waals surface area contributed by atoms with Crippen LogP contribution in [-0.4, -0.2) is 35.1 Å². The third-order valence-electron chi connectivity index (χ3n) is 4.62.